The van der Waals surface area contributed by atoms with Crippen LogP contribution in [0.1, 0.15) is 36.2 Å². The Hall–Kier alpha value is -2.49. The molecule has 1 aliphatic heterocycles. The van der Waals surface area contributed by atoms with Crippen LogP contribution in [0, 0.1) is 12.7 Å². The van der Waals surface area contributed by atoms with Crippen LogP contribution in [0.5, 0.6) is 0 Å². The molecule has 3 nitrogen and oxygen atoms in total. The van der Waals surface area contributed by atoms with Gasteiger partial charge in [0.05, 0.1) is 22.5 Å². The van der Waals surface area contributed by atoms with Crippen LogP contribution < -0.4 is 0 Å². The van der Waals surface area contributed by atoms with Gasteiger partial charge in [-0.2, -0.15) is 5.10 Å². The van der Waals surface area contributed by atoms with Crippen LogP contribution in [0.25, 0.3) is 5.52 Å². The van der Waals surface area contributed by atoms with Crippen LogP contribution in [-0.2, 0) is 6.42 Å². The molecule has 0 spiro atoms. The van der Waals surface area contributed by atoms with Crippen molar-refractivity contribution >= 4 is 11.2 Å². The van der Waals surface area contributed by atoms with Crippen molar-refractivity contribution in [2.75, 3.05) is 0 Å². The summed E-state index contributed by atoms with van der Waals surface area (Å²) in [5.74, 6) is -0.155. The molecule has 0 atom stereocenters. The Labute approximate surface area is 134 Å². The lowest BCUT2D eigenvalue weighted by Crippen LogP contribution is -2.30. The molecule has 3 aromatic rings. The van der Waals surface area contributed by atoms with Crippen molar-refractivity contribution in [1.82, 2.24) is 9.61 Å². The Morgan fingerprint density at radius 1 is 1.13 bits per heavy atom. The van der Waals surface area contributed by atoms with Crippen molar-refractivity contribution in [3.63, 3.8) is 0 Å². The van der Waals surface area contributed by atoms with Gasteiger partial charge in [-0.3, -0.25) is 4.99 Å². The van der Waals surface area contributed by atoms with Gasteiger partial charge in [-0.1, -0.05) is 12.1 Å². The third kappa shape index (κ3) is 2.25. The molecule has 0 fully saturated rings. The van der Waals surface area contributed by atoms with Crippen LogP contribution in [0.15, 0.2) is 47.6 Å². The summed E-state index contributed by atoms with van der Waals surface area (Å²) in [6, 6.07) is 11.3. The van der Waals surface area contributed by atoms with Crippen molar-refractivity contribution in [2.24, 2.45) is 4.99 Å². The first-order chi connectivity index (χ1) is 10.9. The van der Waals surface area contributed by atoms with Gasteiger partial charge in [0.15, 0.2) is 0 Å². The highest BCUT2D eigenvalue weighted by molar-refractivity contribution is 6.15. The van der Waals surface area contributed by atoms with E-state index in [1.807, 2.05) is 49.7 Å². The zero-order valence-electron chi connectivity index (χ0n) is 13.5. The van der Waals surface area contributed by atoms with E-state index in [2.05, 4.69) is 11.2 Å². The highest BCUT2D eigenvalue weighted by Gasteiger charge is 2.30. The highest BCUT2D eigenvalue weighted by Crippen LogP contribution is 2.31. The molecule has 0 N–H and O–H groups in total. The highest BCUT2D eigenvalue weighted by atomic mass is 19.1. The summed E-state index contributed by atoms with van der Waals surface area (Å²) in [6.45, 7) is 6.06. The molecule has 0 saturated heterocycles. The first-order valence-electron chi connectivity index (χ1n) is 7.78. The normalized spacial score (nSPS) is 16.3. The number of fused-ring (bicyclic) bond motifs is 2. The number of rotatable bonds is 1. The number of nitrogens with zero attached hydrogens (tertiary/aromatic N) is 3. The van der Waals surface area contributed by atoms with Crippen LogP contribution in [0.3, 0.4) is 0 Å². The van der Waals surface area contributed by atoms with Crippen LogP contribution in [0.4, 0.5) is 4.39 Å². The maximum absolute atomic E-state index is 14.3. The average molecular weight is 307 g/mol. The lowest BCUT2D eigenvalue weighted by Gasteiger charge is -2.29. The van der Waals surface area contributed by atoms with Gasteiger partial charge in [0.25, 0.3) is 0 Å². The molecular weight excluding hydrogens is 289 g/mol. The Morgan fingerprint density at radius 3 is 2.78 bits per heavy atom. The van der Waals surface area contributed by atoms with Crippen LogP contribution in [-0.4, -0.2) is 20.9 Å². The molecule has 1 aliphatic rings. The Balaban J connectivity index is 2.00. The standard InChI is InChI=1S/C19H18FN3/c1-12-15(10-13-6-5-9-23(13)22-12)18-14-7-4-8-17(20)16(14)11-19(2,3)21-18/h4-10H,11H2,1-3H3. The summed E-state index contributed by atoms with van der Waals surface area (Å²) in [5.41, 5.74) is 5.00. The molecule has 4 heteroatoms. The van der Waals surface area contributed by atoms with E-state index in [1.165, 1.54) is 6.07 Å². The quantitative estimate of drug-likeness (QED) is 0.669. The largest absolute Gasteiger partial charge is 0.278 e. The lowest BCUT2D eigenvalue weighted by atomic mass is 9.84. The minimum absolute atomic E-state index is 0.155. The number of benzene rings is 1. The van der Waals surface area contributed by atoms with Crippen molar-refractivity contribution in [3.05, 3.63) is 70.8 Å². The third-order valence-corrected chi connectivity index (χ3v) is 4.35. The second-order valence-electron chi connectivity index (χ2n) is 6.74. The van der Waals surface area contributed by atoms with Crippen LogP contribution >= 0.6 is 0 Å². The minimum atomic E-state index is -0.328. The molecule has 0 aliphatic carbocycles. The van der Waals surface area contributed by atoms with Gasteiger partial charge >= 0.3 is 0 Å². The number of hydrogen-bond donors (Lipinski definition) is 0. The molecule has 0 bridgehead atoms. The molecule has 2 aromatic heterocycles. The lowest BCUT2D eigenvalue weighted by molar-refractivity contribution is 0.492. The monoisotopic (exact) mass is 307 g/mol. The maximum Gasteiger partial charge on any atom is 0.127 e. The summed E-state index contributed by atoms with van der Waals surface area (Å²) in [6.07, 6.45) is 2.53. The fourth-order valence-electron chi connectivity index (χ4n) is 3.30. The molecule has 0 saturated carbocycles. The summed E-state index contributed by atoms with van der Waals surface area (Å²) in [4.78, 5) is 4.92. The van der Waals surface area contributed by atoms with E-state index in [0.29, 0.717) is 6.42 Å². The molecule has 0 amide bonds. The van der Waals surface area contributed by atoms with E-state index in [-0.39, 0.29) is 11.4 Å². The van der Waals surface area contributed by atoms with E-state index in [4.69, 9.17) is 4.99 Å². The summed E-state index contributed by atoms with van der Waals surface area (Å²) in [7, 11) is 0. The molecule has 116 valence electrons. The Bertz CT molecular complexity index is 950. The zero-order chi connectivity index (χ0) is 16.2. The van der Waals surface area contributed by atoms with E-state index in [0.717, 1.165) is 33.6 Å². The van der Waals surface area contributed by atoms with Crippen molar-refractivity contribution < 1.29 is 4.39 Å². The predicted octanol–water partition coefficient (Wildman–Crippen LogP) is 3.95. The number of halogens is 1. The molecule has 4 rings (SSSR count). The van der Waals surface area contributed by atoms with Crippen molar-refractivity contribution in [1.29, 1.82) is 0 Å². The van der Waals surface area contributed by atoms with Gasteiger partial charge in [0.2, 0.25) is 0 Å². The van der Waals surface area contributed by atoms with Gasteiger partial charge in [-0.25, -0.2) is 8.91 Å². The smallest absolute Gasteiger partial charge is 0.127 e. The number of aryl methyl sites for hydroxylation is 1. The van der Waals surface area contributed by atoms with Gasteiger partial charge in [-0.15, -0.1) is 0 Å². The van der Waals surface area contributed by atoms with Crippen molar-refractivity contribution in [2.45, 2.75) is 32.7 Å². The molecule has 1 aromatic carbocycles. The SMILES string of the molecule is Cc1nn2cccc2cc1C1=NC(C)(C)Cc2c(F)cccc21. The third-order valence-electron chi connectivity index (χ3n) is 4.35. The van der Waals surface area contributed by atoms with Crippen LogP contribution in [0.2, 0.25) is 0 Å². The molecule has 0 unspecified atom stereocenters. The Kier molecular flexibility index (Phi) is 2.92. The first kappa shape index (κ1) is 14.1. The fourth-order valence-corrected chi connectivity index (χ4v) is 3.30. The summed E-state index contributed by atoms with van der Waals surface area (Å²) < 4.78 is 16.2. The summed E-state index contributed by atoms with van der Waals surface area (Å²) >= 11 is 0. The first-order valence-corrected chi connectivity index (χ1v) is 7.78. The van der Waals surface area contributed by atoms with E-state index in [1.54, 1.807) is 6.07 Å². The maximum atomic E-state index is 14.3. The second kappa shape index (κ2) is 4.75. The minimum Gasteiger partial charge on any atom is -0.278 e. The van der Waals surface area contributed by atoms with Gasteiger partial charge < -0.3 is 0 Å². The van der Waals surface area contributed by atoms with Gasteiger partial charge in [-0.05, 0) is 50.6 Å². The molecular formula is C19H18FN3. The molecule has 3 heterocycles. The number of hydrogen-bond acceptors (Lipinski definition) is 2. The Morgan fingerprint density at radius 2 is 1.96 bits per heavy atom. The fraction of sp³-hybridized carbons (Fsp3) is 0.263. The van der Waals surface area contributed by atoms with Gasteiger partial charge in [0.1, 0.15) is 5.82 Å². The van der Waals surface area contributed by atoms with Gasteiger partial charge in [0, 0.05) is 23.7 Å². The van der Waals surface area contributed by atoms with E-state index in [9.17, 15) is 4.39 Å². The molecule has 0 radical (unpaired) electrons. The summed E-state index contributed by atoms with van der Waals surface area (Å²) in [5, 5.41) is 4.60. The van der Waals surface area contributed by atoms with E-state index < -0.39 is 0 Å². The topological polar surface area (TPSA) is 29.7 Å². The second-order valence-corrected chi connectivity index (χ2v) is 6.74. The number of aromatic nitrogens is 2. The molecule has 23 heavy (non-hydrogen) atoms. The predicted molar refractivity (Wildman–Crippen MR) is 89.8 cm³/mol. The van der Waals surface area contributed by atoms with Crippen molar-refractivity contribution in [3.8, 4) is 0 Å². The average Bonchev–Trinajstić information content (AvgIpc) is 2.93. The zero-order valence-corrected chi connectivity index (χ0v) is 13.5. The van der Waals surface area contributed by atoms with E-state index >= 15 is 0 Å². The number of aliphatic imine (C=N–C) groups is 1.